The number of carbonyl (C=O) groups is 1. The standard InChI is InChI=1S/C15H27NO10/c1-5-9(19)11(21)12(22)15(24-5)26-13-8(16-6(2)18)14(23-3)25-7(4-17)10(13)20/h5,7-15,17,19-22H,4H2,1-3H3,(H,16,18)/t5-,7-,8+,9+,10+,11+,12-,13-,14-,15+/m1/s1. The summed E-state index contributed by atoms with van der Waals surface area (Å²) in [5, 5.41) is 52.2. The molecule has 0 aromatic heterocycles. The number of carbonyl (C=O) groups excluding carboxylic acids is 1. The van der Waals surface area contributed by atoms with Crippen LogP contribution in [0.25, 0.3) is 0 Å². The van der Waals surface area contributed by atoms with E-state index in [0.29, 0.717) is 0 Å². The second kappa shape index (κ2) is 8.87. The Morgan fingerprint density at radius 1 is 1.04 bits per heavy atom. The van der Waals surface area contributed by atoms with Crippen LogP contribution in [0.2, 0.25) is 0 Å². The van der Waals surface area contributed by atoms with E-state index < -0.39 is 73.9 Å². The number of hydrogen-bond donors (Lipinski definition) is 6. The molecule has 0 aliphatic carbocycles. The lowest BCUT2D eigenvalue weighted by atomic mass is 9.95. The lowest BCUT2D eigenvalue weighted by Gasteiger charge is -2.47. The molecule has 0 saturated carbocycles. The van der Waals surface area contributed by atoms with Crippen molar-refractivity contribution < 1.29 is 49.3 Å². The summed E-state index contributed by atoms with van der Waals surface area (Å²) in [5.74, 6) is -0.446. The molecule has 2 aliphatic rings. The number of methoxy groups -OCH3 is 1. The molecule has 0 radical (unpaired) electrons. The van der Waals surface area contributed by atoms with Crippen molar-refractivity contribution in [3.05, 3.63) is 0 Å². The number of aliphatic hydroxyl groups is 5. The number of rotatable bonds is 5. The van der Waals surface area contributed by atoms with E-state index in [-0.39, 0.29) is 0 Å². The van der Waals surface area contributed by atoms with Gasteiger partial charge in [0.2, 0.25) is 5.91 Å². The summed E-state index contributed by atoms with van der Waals surface area (Å²) in [7, 11) is 1.32. The molecule has 11 nitrogen and oxygen atoms in total. The summed E-state index contributed by atoms with van der Waals surface area (Å²) in [5.41, 5.74) is 0. The minimum absolute atomic E-state index is 0.446. The zero-order valence-electron chi connectivity index (χ0n) is 14.8. The smallest absolute Gasteiger partial charge is 0.217 e. The molecule has 26 heavy (non-hydrogen) atoms. The van der Waals surface area contributed by atoms with Crippen LogP contribution in [-0.4, -0.2) is 107 Å². The van der Waals surface area contributed by atoms with Gasteiger partial charge in [0.25, 0.3) is 0 Å². The molecule has 0 aromatic carbocycles. The number of amides is 1. The monoisotopic (exact) mass is 381 g/mol. The predicted molar refractivity (Wildman–Crippen MR) is 83.6 cm³/mol. The van der Waals surface area contributed by atoms with Crippen LogP contribution >= 0.6 is 0 Å². The molecule has 0 spiro atoms. The molecule has 2 saturated heterocycles. The first-order valence-corrected chi connectivity index (χ1v) is 8.30. The van der Waals surface area contributed by atoms with Crippen molar-refractivity contribution in [2.24, 2.45) is 0 Å². The van der Waals surface area contributed by atoms with Crippen molar-refractivity contribution >= 4 is 5.91 Å². The number of aliphatic hydroxyl groups excluding tert-OH is 5. The van der Waals surface area contributed by atoms with Crippen molar-refractivity contribution in [2.75, 3.05) is 13.7 Å². The molecular weight excluding hydrogens is 354 g/mol. The van der Waals surface area contributed by atoms with E-state index in [9.17, 15) is 30.3 Å². The molecule has 2 rings (SSSR count). The second-order valence-electron chi connectivity index (χ2n) is 6.46. The van der Waals surface area contributed by atoms with Gasteiger partial charge in [-0.1, -0.05) is 0 Å². The van der Waals surface area contributed by atoms with Gasteiger partial charge >= 0.3 is 0 Å². The fraction of sp³-hybridized carbons (Fsp3) is 0.933. The van der Waals surface area contributed by atoms with E-state index in [2.05, 4.69) is 5.32 Å². The normalized spacial score (nSPS) is 46.8. The number of ether oxygens (including phenoxy) is 4. The van der Waals surface area contributed by atoms with Crippen LogP contribution in [0.1, 0.15) is 13.8 Å². The zero-order valence-corrected chi connectivity index (χ0v) is 14.8. The molecule has 0 bridgehead atoms. The van der Waals surface area contributed by atoms with E-state index >= 15 is 0 Å². The van der Waals surface area contributed by atoms with Crippen LogP contribution < -0.4 is 5.32 Å². The predicted octanol–water partition coefficient (Wildman–Crippen LogP) is -3.57. The Hall–Kier alpha value is -0.890. The van der Waals surface area contributed by atoms with Gasteiger partial charge in [-0.05, 0) is 6.92 Å². The van der Waals surface area contributed by atoms with Gasteiger partial charge in [0, 0.05) is 14.0 Å². The van der Waals surface area contributed by atoms with Gasteiger partial charge in [-0.3, -0.25) is 4.79 Å². The largest absolute Gasteiger partial charge is 0.394 e. The van der Waals surface area contributed by atoms with Crippen LogP contribution in [0, 0.1) is 0 Å². The van der Waals surface area contributed by atoms with E-state index in [1.807, 2.05) is 0 Å². The molecule has 11 heteroatoms. The molecule has 1 amide bonds. The number of hydrogen-bond acceptors (Lipinski definition) is 10. The highest BCUT2D eigenvalue weighted by Gasteiger charge is 2.50. The lowest BCUT2D eigenvalue weighted by molar-refractivity contribution is -0.339. The van der Waals surface area contributed by atoms with Gasteiger partial charge < -0.3 is 49.8 Å². The third-order valence-electron chi connectivity index (χ3n) is 4.56. The van der Waals surface area contributed by atoms with Crippen LogP contribution in [-0.2, 0) is 23.7 Å². The van der Waals surface area contributed by atoms with Crippen molar-refractivity contribution in [3.8, 4) is 0 Å². The molecule has 0 unspecified atom stereocenters. The summed E-state index contributed by atoms with van der Waals surface area (Å²) in [6.07, 6.45) is -11.4. The zero-order chi connectivity index (χ0) is 19.6. The summed E-state index contributed by atoms with van der Waals surface area (Å²) < 4.78 is 21.6. The van der Waals surface area contributed by atoms with Gasteiger partial charge in [0.05, 0.1) is 12.7 Å². The fourth-order valence-electron chi connectivity index (χ4n) is 3.10. The quantitative estimate of drug-likeness (QED) is 0.280. The van der Waals surface area contributed by atoms with Gasteiger partial charge in [-0.2, -0.15) is 0 Å². The Morgan fingerprint density at radius 2 is 1.69 bits per heavy atom. The maximum Gasteiger partial charge on any atom is 0.217 e. The van der Waals surface area contributed by atoms with Crippen molar-refractivity contribution in [3.63, 3.8) is 0 Å². The van der Waals surface area contributed by atoms with Gasteiger partial charge in [-0.25, -0.2) is 0 Å². The van der Waals surface area contributed by atoms with Crippen molar-refractivity contribution in [1.82, 2.24) is 5.32 Å². The molecular formula is C15H27NO10. The highest BCUT2D eigenvalue weighted by Crippen LogP contribution is 2.29. The van der Waals surface area contributed by atoms with E-state index in [0.717, 1.165) is 0 Å². The maximum atomic E-state index is 11.5. The Morgan fingerprint density at radius 3 is 2.23 bits per heavy atom. The third-order valence-corrected chi connectivity index (χ3v) is 4.56. The molecule has 2 heterocycles. The molecule has 152 valence electrons. The summed E-state index contributed by atoms with van der Waals surface area (Å²) in [4.78, 5) is 11.5. The Bertz CT molecular complexity index is 479. The Kier molecular flexibility index (Phi) is 7.30. The third kappa shape index (κ3) is 4.32. The number of nitrogens with one attached hydrogen (secondary N) is 1. The highest BCUT2D eigenvalue weighted by molar-refractivity contribution is 5.73. The molecule has 10 atom stereocenters. The molecule has 2 fully saturated rings. The molecule has 2 aliphatic heterocycles. The van der Waals surface area contributed by atoms with Gasteiger partial charge in [-0.15, -0.1) is 0 Å². The highest BCUT2D eigenvalue weighted by atomic mass is 16.7. The SMILES string of the molecule is CO[C@@H]1O[C@H](CO)[C@H](O)[C@H](O[C@@H]2O[C@H](C)[C@H](O)[C@H](O)[C@H]2O)[C@@H]1NC(C)=O. The second-order valence-corrected chi connectivity index (χ2v) is 6.46. The molecule has 0 aromatic rings. The van der Waals surface area contributed by atoms with Crippen LogP contribution in [0.4, 0.5) is 0 Å². The first kappa shape index (κ1) is 21.4. The summed E-state index contributed by atoms with van der Waals surface area (Å²) in [6.45, 7) is 2.19. The molecule has 6 N–H and O–H groups in total. The van der Waals surface area contributed by atoms with Crippen LogP contribution in [0.15, 0.2) is 0 Å². The van der Waals surface area contributed by atoms with E-state index in [1.165, 1.54) is 21.0 Å². The van der Waals surface area contributed by atoms with Gasteiger partial charge in [0.15, 0.2) is 12.6 Å². The Labute approximate surface area is 150 Å². The lowest BCUT2D eigenvalue weighted by Crippen LogP contribution is -2.67. The Balaban J connectivity index is 2.23. The van der Waals surface area contributed by atoms with Crippen LogP contribution in [0.5, 0.6) is 0 Å². The minimum Gasteiger partial charge on any atom is -0.394 e. The van der Waals surface area contributed by atoms with Crippen molar-refractivity contribution in [2.45, 2.75) is 75.2 Å². The van der Waals surface area contributed by atoms with Crippen LogP contribution in [0.3, 0.4) is 0 Å². The topological polar surface area (TPSA) is 167 Å². The van der Waals surface area contributed by atoms with Crippen molar-refractivity contribution in [1.29, 1.82) is 0 Å². The van der Waals surface area contributed by atoms with E-state index in [4.69, 9.17) is 18.9 Å². The summed E-state index contributed by atoms with van der Waals surface area (Å²) >= 11 is 0. The first-order valence-electron chi connectivity index (χ1n) is 8.30. The average molecular weight is 381 g/mol. The first-order chi connectivity index (χ1) is 12.2. The maximum absolute atomic E-state index is 11.5. The minimum atomic E-state index is -1.59. The van der Waals surface area contributed by atoms with E-state index in [1.54, 1.807) is 0 Å². The fourth-order valence-corrected chi connectivity index (χ4v) is 3.10. The average Bonchev–Trinajstić information content (AvgIpc) is 2.60. The summed E-state index contributed by atoms with van der Waals surface area (Å²) in [6, 6.07) is -0.981. The van der Waals surface area contributed by atoms with Gasteiger partial charge in [0.1, 0.15) is 42.7 Å².